The van der Waals surface area contributed by atoms with Gasteiger partial charge in [0.2, 0.25) is 0 Å². The van der Waals surface area contributed by atoms with Gasteiger partial charge in [0.05, 0.1) is 6.10 Å². The zero-order valence-corrected chi connectivity index (χ0v) is 12.7. The summed E-state index contributed by atoms with van der Waals surface area (Å²) in [6.45, 7) is 2.11. The average Bonchev–Trinajstić information content (AvgIpc) is 2.71. The number of hydrogen-bond acceptors (Lipinski definition) is 2. The van der Waals surface area contributed by atoms with Crippen molar-refractivity contribution in [2.24, 2.45) is 5.92 Å². The van der Waals surface area contributed by atoms with Gasteiger partial charge in [-0.1, -0.05) is 30.4 Å². The smallest absolute Gasteiger partial charge is 0.119 e. The van der Waals surface area contributed by atoms with E-state index in [-0.39, 0.29) is 5.83 Å². The van der Waals surface area contributed by atoms with Gasteiger partial charge in [-0.05, 0) is 55.0 Å². The fourth-order valence-corrected chi connectivity index (χ4v) is 3.03. The Morgan fingerprint density at radius 2 is 1.91 bits per heavy atom. The molecule has 0 saturated carbocycles. The van der Waals surface area contributed by atoms with Crippen LogP contribution < -0.4 is 4.90 Å². The predicted octanol–water partition coefficient (Wildman–Crippen LogP) is 4.00. The zero-order valence-electron chi connectivity index (χ0n) is 12.7. The van der Waals surface area contributed by atoms with Crippen LogP contribution in [0.25, 0.3) is 0 Å². The van der Waals surface area contributed by atoms with E-state index in [4.69, 9.17) is 0 Å². The largest absolute Gasteiger partial charge is 0.388 e. The van der Waals surface area contributed by atoms with Crippen molar-refractivity contribution < 1.29 is 9.50 Å². The predicted molar refractivity (Wildman–Crippen MR) is 88.4 cm³/mol. The van der Waals surface area contributed by atoms with Gasteiger partial charge >= 0.3 is 0 Å². The molecule has 1 fully saturated rings. The van der Waals surface area contributed by atoms with Crippen molar-refractivity contribution in [1.82, 2.24) is 0 Å². The number of halogens is 1. The summed E-state index contributed by atoms with van der Waals surface area (Å²) in [5.41, 5.74) is 2.11. The molecular formula is C19H22FNO. The highest BCUT2D eigenvalue weighted by atomic mass is 19.1. The summed E-state index contributed by atoms with van der Waals surface area (Å²) in [6, 6.07) is 10.4. The molecule has 2 nitrogen and oxygen atoms in total. The molecule has 1 atom stereocenters. The molecule has 1 aromatic carbocycles. The monoisotopic (exact) mass is 299 g/mol. The van der Waals surface area contributed by atoms with Crippen LogP contribution in [0.5, 0.6) is 0 Å². The van der Waals surface area contributed by atoms with Crippen molar-refractivity contribution in [2.45, 2.75) is 25.4 Å². The number of nitrogens with zero attached hydrogens (tertiary/aromatic N) is 1. The SMILES string of the molecule is OC(CCC1CN(c2ccccc2)C1)C1=CCC=C(F)C=C1. The molecule has 3 rings (SSSR count). The molecule has 1 aromatic rings. The molecule has 1 saturated heterocycles. The van der Waals surface area contributed by atoms with Crippen molar-refractivity contribution in [3.8, 4) is 0 Å². The van der Waals surface area contributed by atoms with Crippen molar-refractivity contribution in [2.75, 3.05) is 18.0 Å². The molecule has 116 valence electrons. The maximum atomic E-state index is 13.1. The Morgan fingerprint density at radius 3 is 2.68 bits per heavy atom. The summed E-state index contributed by atoms with van der Waals surface area (Å²) in [6.07, 6.45) is 8.38. The lowest BCUT2D eigenvalue weighted by atomic mass is 9.91. The van der Waals surface area contributed by atoms with Gasteiger partial charge in [-0.3, -0.25) is 0 Å². The molecule has 1 unspecified atom stereocenters. The van der Waals surface area contributed by atoms with Gasteiger partial charge in [-0.15, -0.1) is 0 Å². The first-order valence-corrected chi connectivity index (χ1v) is 7.94. The van der Waals surface area contributed by atoms with Gasteiger partial charge < -0.3 is 10.0 Å². The van der Waals surface area contributed by atoms with E-state index >= 15 is 0 Å². The lowest BCUT2D eigenvalue weighted by Gasteiger charge is -2.41. The Bertz CT molecular complexity index is 585. The summed E-state index contributed by atoms with van der Waals surface area (Å²) in [5.74, 6) is 0.413. The van der Waals surface area contributed by atoms with Crippen molar-refractivity contribution >= 4 is 5.69 Å². The first-order valence-electron chi connectivity index (χ1n) is 7.94. The van der Waals surface area contributed by atoms with Crippen molar-refractivity contribution in [3.05, 3.63) is 66.0 Å². The third kappa shape index (κ3) is 3.66. The molecule has 22 heavy (non-hydrogen) atoms. The lowest BCUT2D eigenvalue weighted by Crippen LogP contribution is -2.46. The quantitative estimate of drug-likeness (QED) is 0.888. The highest BCUT2D eigenvalue weighted by Crippen LogP contribution is 2.28. The maximum Gasteiger partial charge on any atom is 0.119 e. The molecular weight excluding hydrogens is 277 g/mol. The van der Waals surface area contributed by atoms with E-state index in [9.17, 15) is 9.50 Å². The number of allylic oxidation sites excluding steroid dienone is 4. The van der Waals surface area contributed by atoms with Crippen molar-refractivity contribution in [3.63, 3.8) is 0 Å². The van der Waals surface area contributed by atoms with E-state index in [1.165, 1.54) is 17.8 Å². The van der Waals surface area contributed by atoms with Crippen LogP contribution in [0, 0.1) is 5.92 Å². The number of rotatable bonds is 5. The minimum Gasteiger partial charge on any atom is -0.388 e. The topological polar surface area (TPSA) is 23.5 Å². The van der Waals surface area contributed by atoms with Gasteiger partial charge in [0.15, 0.2) is 0 Å². The fraction of sp³-hybridized carbons (Fsp3) is 0.368. The second-order valence-corrected chi connectivity index (χ2v) is 6.06. The van der Waals surface area contributed by atoms with Crippen LogP contribution in [0.2, 0.25) is 0 Å². The number of hydrogen-bond donors (Lipinski definition) is 1. The molecule has 0 bridgehead atoms. The van der Waals surface area contributed by atoms with Crippen LogP contribution in [-0.2, 0) is 0 Å². The number of anilines is 1. The molecule has 0 radical (unpaired) electrons. The Hall–Kier alpha value is -1.87. The van der Waals surface area contributed by atoms with E-state index in [0.29, 0.717) is 12.3 Å². The molecule has 1 aliphatic carbocycles. The van der Waals surface area contributed by atoms with Crippen LogP contribution in [0.15, 0.2) is 66.0 Å². The summed E-state index contributed by atoms with van der Waals surface area (Å²) in [4.78, 5) is 2.36. The first-order chi connectivity index (χ1) is 10.7. The summed E-state index contributed by atoms with van der Waals surface area (Å²) in [7, 11) is 0. The zero-order chi connectivity index (χ0) is 15.4. The van der Waals surface area contributed by atoms with E-state index in [1.54, 1.807) is 6.08 Å². The van der Waals surface area contributed by atoms with Crippen LogP contribution in [-0.4, -0.2) is 24.3 Å². The molecule has 1 aliphatic heterocycles. The molecule has 0 amide bonds. The van der Waals surface area contributed by atoms with Crippen LogP contribution in [0.3, 0.4) is 0 Å². The van der Waals surface area contributed by atoms with E-state index in [0.717, 1.165) is 31.5 Å². The van der Waals surface area contributed by atoms with E-state index in [2.05, 4.69) is 29.2 Å². The standard InChI is InChI=1S/C19H22FNO/c20-17-6-4-5-16(10-11-17)19(22)12-9-15-13-21(14-15)18-7-2-1-3-8-18/h1-3,5-8,10-11,15,19,22H,4,9,12-14H2. The van der Waals surface area contributed by atoms with Crippen LogP contribution in [0.4, 0.5) is 10.1 Å². The van der Waals surface area contributed by atoms with Crippen LogP contribution in [0.1, 0.15) is 19.3 Å². The van der Waals surface area contributed by atoms with Crippen molar-refractivity contribution in [1.29, 1.82) is 0 Å². The highest BCUT2D eigenvalue weighted by Gasteiger charge is 2.27. The van der Waals surface area contributed by atoms with Gasteiger partial charge in [-0.2, -0.15) is 0 Å². The highest BCUT2D eigenvalue weighted by molar-refractivity contribution is 5.48. The van der Waals surface area contributed by atoms with Gasteiger partial charge in [-0.25, -0.2) is 4.39 Å². The minimum absolute atomic E-state index is 0.226. The second kappa shape index (κ2) is 6.93. The Balaban J connectivity index is 1.43. The maximum absolute atomic E-state index is 13.1. The second-order valence-electron chi connectivity index (χ2n) is 6.06. The number of benzene rings is 1. The third-order valence-electron chi connectivity index (χ3n) is 4.41. The third-order valence-corrected chi connectivity index (χ3v) is 4.41. The van der Waals surface area contributed by atoms with Gasteiger partial charge in [0.25, 0.3) is 0 Å². The van der Waals surface area contributed by atoms with E-state index in [1.807, 2.05) is 12.1 Å². The fourth-order valence-electron chi connectivity index (χ4n) is 3.03. The number of aliphatic hydroxyl groups is 1. The average molecular weight is 299 g/mol. The molecule has 1 heterocycles. The Morgan fingerprint density at radius 1 is 1.14 bits per heavy atom. The Kier molecular flexibility index (Phi) is 4.74. The Labute approximate surface area is 131 Å². The lowest BCUT2D eigenvalue weighted by molar-refractivity contribution is 0.186. The van der Waals surface area contributed by atoms with E-state index < -0.39 is 6.10 Å². The molecule has 0 aromatic heterocycles. The molecule has 0 spiro atoms. The minimum atomic E-state index is -0.485. The number of aliphatic hydroxyl groups excluding tert-OH is 1. The molecule has 1 N–H and O–H groups in total. The summed E-state index contributed by atoms with van der Waals surface area (Å²) >= 11 is 0. The summed E-state index contributed by atoms with van der Waals surface area (Å²) in [5, 5.41) is 10.3. The van der Waals surface area contributed by atoms with Crippen LogP contribution >= 0.6 is 0 Å². The normalized spacial score (nSPS) is 20.0. The van der Waals surface area contributed by atoms with Gasteiger partial charge in [0.1, 0.15) is 5.83 Å². The molecule has 3 heteroatoms. The summed E-state index contributed by atoms with van der Waals surface area (Å²) < 4.78 is 13.1. The molecule has 2 aliphatic rings. The van der Waals surface area contributed by atoms with Gasteiger partial charge in [0, 0.05) is 18.8 Å². The first kappa shape index (κ1) is 15.0. The number of para-hydroxylation sites is 1.